The van der Waals surface area contributed by atoms with Gasteiger partial charge in [0, 0.05) is 67.5 Å². The topological polar surface area (TPSA) is 251 Å². The van der Waals surface area contributed by atoms with Gasteiger partial charge in [-0.2, -0.15) is 0 Å². The summed E-state index contributed by atoms with van der Waals surface area (Å²) >= 11 is 0. The van der Waals surface area contributed by atoms with E-state index in [9.17, 15) is 49.2 Å². The number of epoxide rings is 2. The summed E-state index contributed by atoms with van der Waals surface area (Å²) in [6.45, 7) is 10.6. The van der Waals surface area contributed by atoms with Gasteiger partial charge in [0.15, 0.2) is 5.60 Å². The molecule has 0 aromatic heterocycles. The van der Waals surface area contributed by atoms with Crippen molar-refractivity contribution in [3.8, 4) is 0 Å². The summed E-state index contributed by atoms with van der Waals surface area (Å²) in [5, 5.41) is 53.2. The van der Waals surface area contributed by atoms with Gasteiger partial charge in [0.1, 0.15) is 24.4 Å². The van der Waals surface area contributed by atoms with E-state index in [0.717, 1.165) is 17.1 Å². The van der Waals surface area contributed by atoms with Gasteiger partial charge in [0.05, 0.1) is 35.9 Å². The van der Waals surface area contributed by atoms with Crippen LogP contribution in [0.4, 0.5) is 0 Å². The van der Waals surface area contributed by atoms with E-state index in [1.54, 1.807) is 20.8 Å². The molecule has 8 fully saturated rings. The third kappa shape index (κ3) is 4.36. The highest BCUT2D eigenvalue weighted by atomic mass is 16.8. The number of nitrogens with one attached hydrogen (secondary N) is 1. The van der Waals surface area contributed by atoms with Crippen molar-refractivity contribution in [2.24, 2.45) is 57.7 Å². The molecule has 17 nitrogen and oxygen atoms in total. The molecule has 9 aliphatic rings. The Kier molecular flexibility index (Phi) is 7.88. The van der Waals surface area contributed by atoms with Crippen molar-refractivity contribution in [3.63, 3.8) is 0 Å². The minimum Gasteiger partial charge on any atom is -0.458 e. The molecule has 3 saturated heterocycles. The molecule has 17 heteroatoms. The van der Waals surface area contributed by atoms with E-state index in [-0.39, 0.29) is 19.4 Å². The SMILES string of the molecule is CC(=O)O[C@H]1C2C([C@@H](O)[C@@H](NC(=O)CCN3C(=O)C=CC3=O)[C@H]3C[C@@H]4O[C@@H]4[C@H](O)[C@]23C)[C@@H]2[C@@H](O)[C@@H]3[C@H]([C@H](C)[C@H]4O[C@]45OC(=O)[C@@](C)(O)[C@]35C)[C@@]2(C)[C@H]1OC(C)=O. The van der Waals surface area contributed by atoms with Crippen LogP contribution in [0.5, 0.6) is 0 Å². The lowest BCUT2D eigenvalue weighted by Gasteiger charge is -2.67. The summed E-state index contributed by atoms with van der Waals surface area (Å²) in [7, 11) is 0. The highest BCUT2D eigenvalue weighted by Gasteiger charge is 2.93. The number of rotatable bonds is 6. The second-order valence-electron chi connectivity index (χ2n) is 18.7. The predicted octanol–water partition coefficient (Wildman–Crippen LogP) is -1.29. The van der Waals surface area contributed by atoms with Crippen molar-refractivity contribution in [2.45, 2.75) is 128 Å². The van der Waals surface area contributed by atoms with Gasteiger partial charge in [-0.3, -0.25) is 28.9 Å². The maximum atomic E-state index is 13.8. The van der Waals surface area contributed by atoms with Gasteiger partial charge in [-0.1, -0.05) is 20.8 Å². The maximum Gasteiger partial charge on any atom is 0.341 e. The zero-order valence-corrected chi connectivity index (χ0v) is 32.2. The molecule has 3 amide bonds. The van der Waals surface area contributed by atoms with Crippen LogP contribution >= 0.6 is 0 Å². The monoisotopic (exact) mass is 786 g/mol. The van der Waals surface area contributed by atoms with Crippen molar-refractivity contribution in [3.05, 3.63) is 12.2 Å². The van der Waals surface area contributed by atoms with Crippen molar-refractivity contribution in [1.82, 2.24) is 10.2 Å². The first-order valence-corrected chi connectivity index (χ1v) is 19.6. The number of imide groups is 1. The van der Waals surface area contributed by atoms with Gasteiger partial charge >= 0.3 is 17.9 Å². The van der Waals surface area contributed by atoms with Gasteiger partial charge in [-0.25, -0.2) is 4.79 Å². The van der Waals surface area contributed by atoms with Crippen molar-refractivity contribution in [1.29, 1.82) is 0 Å². The lowest BCUT2D eigenvalue weighted by atomic mass is 9.40. The van der Waals surface area contributed by atoms with Crippen LogP contribution in [-0.4, -0.2) is 134 Å². The van der Waals surface area contributed by atoms with Crippen molar-refractivity contribution >= 4 is 35.6 Å². The van der Waals surface area contributed by atoms with E-state index in [1.807, 2.05) is 6.92 Å². The molecule has 0 aromatic rings. The van der Waals surface area contributed by atoms with Crippen LogP contribution < -0.4 is 5.32 Å². The quantitative estimate of drug-likeness (QED) is 0.0910. The number of amides is 3. The number of hydrogen-bond acceptors (Lipinski definition) is 15. The van der Waals surface area contributed by atoms with Crippen LogP contribution in [0, 0.1) is 57.7 Å². The van der Waals surface area contributed by atoms with Gasteiger partial charge in [-0.05, 0) is 43.9 Å². The van der Waals surface area contributed by atoms with Gasteiger partial charge < -0.3 is 49.4 Å². The molecule has 21 atom stereocenters. The molecule has 4 heterocycles. The van der Waals surface area contributed by atoms with Crippen LogP contribution in [-0.2, 0) is 52.5 Å². The van der Waals surface area contributed by atoms with Crippen LogP contribution in [0.3, 0.4) is 0 Å². The molecule has 2 unspecified atom stereocenters. The molecule has 5 aliphatic carbocycles. The summed E-state index contributed by atoms with van der Waals surface area (Å²) in [5.74, 6) is -11.5. The lowest BCUT2D eigenvalue weighted by molar-refractivity contribution is -0.285. The number of ether oxygens (including phenoxy) is 5. The molecule has 5 N–H and O–H groups in total. The first-order valence-electron chi connectivity index (χ1n) is 19.6. The molecule has 4 aliphatic heterocycles. The highest BCUT2D eigenvalue weighted by molar-refractivity contribution is 6.13. The van der Waals surface area contributed by atoms with Gasteiger partial charge in [0.25, 0.3) is 11.8 Å². The maximum absolute atomic E-state index is 13.8. The predicted molar refractivity (Wildman–Crippen MR) is 184 cm³/mol. The van der Waals surface area contributed by atoms with Crippen molar-refractivity contribution in [2.75, 3.05) is 6.54 Å². The zero-order chi connectivity index (χ0) is 40.6. The number of carbonyl (C=O) groups is 6. The molecule has 1 spiro atoms. The average molecular weight is 787 g/mol. The van der Waals surface area contributed by atoms with E-state index in [4.69, 9.17) is 23.7 Å². The van der Waals surface area contributed by atoms with E-state index in [1.165, 1.54) is 20.8 Å². The minimum atomic E-state index is -2.15. The number of carbonyl (C=O) groups excluding carboxylic acids is 6. The third-order valence-corrected chi connectivity index (χ3v) is 16.5. The smallest absolute Gasteiger partial charge is 0.341 e. The Morgan fingerprint density at radius 2 is 1.55 bits per heavy atom. The van der Waals surface area contributed by atoms with Crippen molar-refractivity contribution < 1.29 is 72.9 Å². The third-order valence-electron chi connectivity index (χ3n) is 16.5. The Balaban J connectivity index is 1.20. The summed E-state index contributed by atoms with van der Waals surface area (Å²) < 4.78 is 30.4. The number of hydrogen-bond donors (Lipinski definition) is 5. The summed E-state index contributed by atoms with van der Waals surface area (Å²) in [4.78, 5) is 78.9. The molecule has 5 saturated carbocycles. The largest absolute Gasteiger partial charge is 0.458 e. The molecule has 0 aromatic carbocycles. The fraction of sp³-hybridized carbons (Fsp3) is 0.795. The molecule has 56 heavy (non-hydrogen) atoms. The Morgan fingerprint density at radius 3 is 2.18 bits per heavy atom. The summed E-state index contributed by atoms with van der Waals surface area (Å²) in [6.07, 6.45) is -6.15. The highest BCUT2D eigenvalue weighted by Crippen LogP contribution is 2.80. The molecule has 0 radical (unpaired) electrons. The number of aliphatic hydroxyl groups excluding tert-OH is 3. The molecule has 0 bridgehead atoms. The fourth-order valence-electron chi connectivity index (χ4n) is 14.1. The van der Waals surface area contributed by atoms with Crippen LogP contribution in [0.25, 0.3) is 0 Å². The number of nitrogens with zero attached hydrogens (tertiary/aromatic N) is 1. The van der Waals surface area contributed by atoms with Crippen LogP contribution in [0.2, 0.25) is 0 Å². The average Bonchev–Trinajstić information content (AvgIpc) is 4.00. The Hall–Kier alpha value is -3.48. The van der Waals surface area contributed by atoms with E-state index in [0.29, 0.717) is 0 Å². The van der Waals surface area contributed by atoms with E-state index >= 15 is 0 Å². The second-order valence-corrected chi connectivity index (χ2v) is 18.7. The fourth-order valence-corrected chi connectivity index (χ4v) is 14.1. The van der Waals surface area contributed by atoms with E-state index < -0.39 is 160 Å². The first kappa shape index (κ1) is 38.1. The van der Waals surface area contributed by atoms with Gasteiger partial charge in [0.2, 0.25) is 11.7 Å². The van der Waals surface area contributed by atoms with Crippen LogP contribution in [0.1, 0.15) is 61.3 Å². The standard InChI is InChI=1S/C39H50N2O15/c1-13-22-25(37(6)38(7,51)34(50)56-39(37)32(13)55-39)28(48)23-21-24(30(52-14(2)42)33(36(22,23)5)53-15(3)43)35(4)16(12-17-29(54-17)31(35)49)26(27(21)47)40-18(44)10-11-41-19(45)8-9-20(41)46/h8-9,13,16-17,21-33,47-49,51H,10-12H2,1-7H3,(H,40,44)/t13-,16+,17-,21?,22-,23+,24?,25-,26-,27+,28+,29-,30-,31-,32+,33-,35-,36+,37-,38+,39-/m0/s1. The second kappa shape index (κ2) is 11.6. The van der Waals surface area contributed by atoms with Gasteiger partial charge in [-0.15, -0.1) is 0 Å². The number of esters is 3. The molecular formula is C39H50N2O15. The van der Waals surface area contributed by atoms with Crippen LogP contribution in [0.15, 0.2) is 12.2 Å². The Morgan fingerprint density at radius 1 is 0.911 bits per heavy atom. The normalized spacial score (nSPS) is 55.3. The number of fused-ring (bicyclic) bond motifs is 9. The van der Waals surface area contributed by atoms with E-state index in [2.05, 4.69) is 5.32 Å². The lowest BCUT2D eigenvalue weighted by Crippen LogP contribution is -2.76. The number of aliphatic hydroxyl groups is 4. The summed E-state index contributed by atoms with van der Waals surface area (Å²) in [6, 6.07) is -1.07. The Bertz CT molecular complexity index is 1850. The molecule has 9 rings (SSSR count). The molecule has 306 valence electrons. The Labute approximate surface area is 322 Å². The zero-order valence-electron chi connectivity index (χ0n) is 32.2. The summed E-state index contributed by atoms with van der Waals surface area (Å²) in [5.41, 5.74) is -6.35. The first-order chi connectivity index (χ1) is 26.1. The molecular weight excluding hydrogens is 736 g/mol. The minimum absolute atomic E-state index is 0.215.